The Kier molecular flexibility index (Phi) is 6.01. The summed E-state index contributed by atoms with van der Waals surface area (Å²) in [5, 5.41) is 3.26. The molecular formula is C13H19F2NO2. The Labute approximate surface area is 106 Å². The highest BCUT2D eigenvalue weighted by Gasteiger charge is 2.09. The molecule has 102 valence electrons. The highest BCUT2D eigenvalue weighted by Crippen LogP contribution is 2.20. The summed E-state index contributed by atoms with van der Waals surface area (Å²) in [7, 11) is 1.65. The number of hydrogen-bond donors (Lipinski definition) is 1. The minimum absolute atomic E-state index is 0.0452. The minimum atomic E-state index is -2.79. The SMILES string of the molecule is COC(C)CNC(C)c1cccc(OC(F)F)c1. The average Bonchev–Trinajstić information content (AvgIpc) is 2.35. The van der Waals surface area contributed by atoms with Crippen LogP contribution in [0.5, 0.6) is 5.75 Å². The lowest BCUT2D eigenvalue weighted by Crippen LogP contribution is -2.28. The molecule has 5 heteroatoms. The number of methoxy groups -OCH3 is 1. The lowest BCUT2D eigenvalue weighted by Gasteiger charge is -2.18. The molecule has 1 N–H and O–H groups in total. The van der Waals surface area contributed by atoms with Gasteiger partial charge in [-0.3, -0.25) is 0 Å². The molecule has 0 aromatic heterocycles. The highest BCUT2D eigenvalue weighted by molar-refractivity contribution is 5.30. The molecule has 0 aliphatic rings. The third kappa shape index (κ3) is 4.98. The largest absolute Gasteiger partial charge is 0.435 e. The van der Waals surface area contributed by atoms with Gasteiger partial charge in [-0.05, 0) is 31.5 Å². The van der Waals surface area contributed by atoms with Crippen molar-refractivity contribution in [2.75, 3.05) is 13.7 Å². The molecular weight excluding hydrogens is 240 g/mol. The number of ether oxygens (including phenoxy) is 2. The van der Waals surface area contributed by atoms with Crippen molar-refractivity contribution < 1.29 is 18.3 Å². The normalized spacial score (nSPS) is 14.6. The van der Waals surface area contributed by atoms with Crippen LogP contribution >= 0.6 is 0 Å². The summed E-state index contributed by atoms with van der Waals surface area (Å²) in [5.41, 5.74) is 0.899. The molecule has 0 aliphatic carbocycles. The maximum absolute atomic E-state index is 12.1. The predicted molar refractivity (Wildman–Crippen MR) is 66.0 cm³/mol. The smallest absolute Gasteiger partial charge is 0.387 e. The number of halogens is 2. The molecule has 0 amide bonds. The van der Waals surface area contributed by atoms with E-state index < -0.39 is 6.61 Å². The average molecular weight is 259 g/mol. The van der Waals surface area contributed by atoms with Crippen LogP contribution in [0.2, 0.25) is 0 Å². The van der Waals surface area contributed by atoms with Gasteiger partial charge in [-0.2, -0.15) is 8.78 Å². The van der Waals surface area contributed by atoms with Crippen molar-refractivity contribution >= 4 is 0 Å². The molecule has 0 heterocycles. The predicted octanol–water partition coefficient (Wildman–Crippen LogP) is 2.97. The zero-order chi connectivity index (χ0) is 13.5. The Balaban J connectivity index is 2.59. The van der Waals surface area contributed by atoms with E-state index in [-0.39, 0.29) is 17.9 Å². The van der Waals surface area contributed by atoms with Gasteiger partial charge in [0.1, 0.15) is 5.75 Å². The van der Waals surface area contributed by atoms with Crippen molar-refractivity contribution in [3.63, 3.8) is 0 Å². The molecule has 1 aromatic rings. The standard InChI is InChI=1S/C13H19F2NO2/c1-9(17-3)8-16-10(2)11-5-4-6-12(7-11)18-13(14)15/h4-7,9-10,13,16H,8H2,1-3H3. The van der Waals surface area contributed by atoms with Crippen LogP contribution in [0.1, 0.15) is 25.5 Å². The first-order valence-corrected chi connectivity index (χ1v) is 5.84. The third-order valence-electron chi connectivity index (χ3n) is 2.70. The number of rotatable bonds is 7. The summed E-state index contributed by atoms with van der Waals surface area (Å²) in [6, 6.07) is 6.74. The van der Waals surface area contributed by atoms with Crippen LogP contribution in [0.25, 0.3) is 0 Å². The number of hydrogen-bond acceptors (Lipinski definition) is 3. The molecule has 0 fully saturated rings. The fourth-order valence-corrected chi connectivity index (χ4v) is 1.50. The van der Waals surface area contributed by atoms with Crippen LogP contribution in [0.15, 0.2) is 24.3 Å². The van der Waals surface area contributed by atoms with Crippen molar-refractivity contribution in [2.24, 2.45) is 0 Å². The fraction of sp³-hybridized carbons (Fsp3) is 0.538. The van der Waals surface area contributed by atoms with Crippen molar-refractivity contribution in [2.45, 2.75) is 32.6 Å². The molecule has 0 saturated heterocycles. The van der Waals surface area contributed by atoms with Crippen molar-refractivity contribution in [3.8, 4) is 5.75 Å². The first-order chi connectivity index (χ1) is 8.52. The summed E-state index contributed by atoms with van der Waals surface area (Å²) >= 11 is 0. The molecule has 1 rings (SSSR count). The monoisotopic (exact) mass is 259 g/mol. The van der Waals surface area contributed by atoms with Crippen LogP contribution in [0, 0.1) is 0 Å². The topological polar surface area (TPSA) is 30.5 Å². The van der Waals surface area contributed by atoms with Crippen LogP contribution in [-0.2, 0) is 4.74 Å². The van der Waals surface area contributed by atoms with Gasteiger partial charge in [0, 0.05) is 19.7 Å². The van der Waals surface area contributed by atoms with Gasteiger partial charge < -0.3 is 14.8 Å². The van der Waals surface area contributed by atoms with E-state index in [0.29, 0.717) is 6.54 Å². The Morgan fingerprint density at radius 3 is 2.61 bits per heavy atom. The first kappa shape index (κ1) is 14.9. The summed E-state index contributed by atoms with van der Waals surface area (Å²) < 4.78 is 33.7. The zero-order valence-corrected chi connectivity index (χ0v) is 10.8. The van der Waals surface area contributed by atoms with E-state index in [1.54, 1.807) is 19.2 Å². The second-order valence-electron chi connectivity index (χ2n) is 4.13. The van der Waals surface area contributed by atoms with E-state index in [9.17, 15) is 8.78 Å². The van der Waals surface area contributed by atoms with E-state index in [0.717, 1.165) is 5.56 Å². The second kappa shape index (κ2) is 7.28. The van der Waals surface area contributed by atoms with Gasteiger partial charge in [-0.15, -0.1) is 0 Å². The van der Waals surface area contributed by atoms with Gasteiger partial charge in [-0.1, -0.05) is 12.1 Å². The van der Waals surface area contributed by atoms with Gasteiger partial charge in [0.2, 0.25) is 0 Å². The molecule has 0 bridgehead atoms. The maximum Gasteiger partial charge on any atom is 0.387 e. The lowest BCUT2D eigenvalue weighted by atomic mass is 10.1. The zero-order valence-electron chi connectivity index (χ0n) is 10.8. The van der Waals surface area contributed by atoms with Crippen molar-refractivity contribution in [1.82, 2.24) is 5.32 Å². The van der Waals surface area contributed by atoms with E-state index in [1.807, 2.05) is 19.9 Å². The molecule has 0 radical (unpaired) electrons. The molecule has 2 unspecified atom stereocenters. The van der Waals surface area contributed by atoms with E-state index in [1.165, 1.54) is 6.07 Å². The lowest BCUT2D eigenvalue weighted by molar-refractivity contribution is -0.0499. The molecule has 0 saturated carbocycles. The molecule has 3 nitrogen and oxygen atoms in total. The molecule has 0 aliphatic heterocycles. The number of alkyl halides is 2. The van der Waals surface area contributed by atoms with Crippen molar-refractivity contribution in [3.05, 3.63) is 29.8 Å². The van der Waals surface area contributed by atoms with Gasteiger partial charge >= 0.3 is 6.61 Å². The second-order valence-corrected chi connectivity index (χ2v) is 4.13. The Morgan fingerprint density at radius 1 is 1.28 bits per heavy atom. The van der Waals surface area contributed by atoms with Gasteiger partial charge in [0.05, 0.1) is 6.10 Å². The summed E-state index contributed by atoms with van der Waals surface area (Å²) in [5.74, 6) is 0.177. The molecule has 18 heavy (non-hydrogen) atoms. The van der Waals surface area contributed by atoms with Gasteiger partial charge in [0.15, 0.2) is 0 Å². The quantitative estimate of drug-likeness (QED) is 0.816. The molecule has 1 aromatic carbocycles. The Bertz CT molecular complexity index is 361. The van der Waals surface area contributed by atoms with Crippen LogP contribution in [-0.4, -0.2) is 26.4 Å². The van der Waals surface area contributed by atoms with Crippen molar-refractivity contribution in [1.29, 1.82) is 0 Å². The maximum atomic E-state index is 12.1. The highest BCUT2D eigenvalue weighted by atomic mass is 19.3. The first-order valence-electron chi connectivity index (χ1n) is 5.84. The summed E-state index contributed by atoms with van der Waals surface area (Å²) in [6.45, 7) is 1.81. The van der Waals surface area contributed by atoms with Gasteiger partial charge in [-0.25, -0.2) is 0 Å². The third-order valence-corrected chi connectivity index (χ3v) is 2.70. The fourth-order valence-electron chi connectivity index (χ4n) is 1.50. The van der Waals surface area contributed by atoms with E-state index >= 15 is 0 Å². The van der Waals surface area contributed by atoms with Gasteiger partial charge in [0.25, 0.3) is 0 Å². The molecule has 0 spiro atoms. The van der Waals surface area contributed by atoms with Crippen LogP contribution in [0.3, 0.4) is 0 Å². The minimum Gasteiger partial charge on any atom is -0.435 e. The molecule has 2 atom stereocenters. The Morgan fingerprint density at radius 2 is 2.00 bits per heavy atom. The van der Waals surface area contributed by atoms with E-state index in [4.69, 9.17) is 4.74 Å². The van der Waals surface area contributed by atoms with Crippen LogP contribution < -0.4 is 10.1 Å². The summed E-state index contributed by atoms with van der Waals surface area (Å²) in [4.78, 5) is 0. The summed E-state index contributed by atoms with van der Waals surface area (Å²) in [6.07, 6.45) is 0.105. The Hall–Kier alpha value is -1.20. The number of benzene rings is 1. The number of nitrogens with one attached hydrogen (secondary N) is 1. The van der Waals surface area contributed by atoms with Crippen LogP contribution in [0.4, 0.5) is 8.78 Å². The van der Waals surface area contributed by atoms with E-state index in [2.05, 4.69) is 10.1 Å².